The van der Waals surface area contributed by atoms with Crippen molar-refractivity contribution in [2.24, 2.45) is 0 Å². The number of hydrogen-bond acceptors (Lipinski definition) is 3. The second-order valence-corrected chi connectivity index (χ2v) is 6.96. The highest BCUT2D eigenvalue weighted by Gasteiger charge is 2.28. The molecular formula is C21H24ClF2N3O2. The van der Waals surface area contributed by atoms with Gasteiger partial charge in [0, 0.05) is 37.5 Å². The van der Waals surface area contributed by atoms with Crippen LogP contribution in [0, 0.1) is 11.6 Å². The summed E-state index contributed by atoms with van der Waals surface area (Å²) in [4.78, 5) is 23.6. The van der Waals surface area contributed by atoms with Crippen LogP contribution in [0.4, 0.5) is 8.78 Å². The van der Waals surface area contributed by atoms with E-state index < -0.39 is 11.6 Å². The molecule has 0 aromatic heterocycles. The van der Waals surface area contributed by atoms with E-state index in [0.717, 1.165) is 18.2 Å². The topological polar surface area (TPSA) is 70.2 Å². The summed E-state index contributed by atoms with van der Waals surface area (Å²) in [5.74, 6) is -2.20. The molecular weight excluding hydrogens is 400 g/mol. The van der Waals surface area contributed by atoms with Gasteiger partial charge >= 0.3 is 0 Å². The van der Waals surface area contributed by atoms with E-state index in [1.165, 1.54) is 13.0 Å². The van der Waals surface area contributed by atoms with Crippen LogP contribution in [0.15, 0.2) is 42.5 Å². The highest BCUT2D eigenvalue weighted by molar-refractivity contribution is 5.94. The number of halogens is 3. The Balaban J connectivity index is 0.00000300. The molecule has 0 spiro atoms. The van der Waals surface area contributed by atoms with Crippen molar-refractivity contribution in [3.63, 3.8) is 0 Å². The van der Waals surface area contributed by atoms with E-state index in [0.29, 0.717) is 30.6 Å². The maximum Gasteiger partial charge on any atom is 0.251 e. The zero-order chi connectivity index (χ0) is 20.1. The van der Waals surface area contributed by atoms with Gasteiger partial charge < -0.3 is 16.0 Å². The molecule has 2 amide bonds. The fourth-order valence-corrected chi connectivity index (χ4v) is 3.40. The van der Waals surface area contributed by atoms with Crippen molar-refractivity contribution in [1.82, 2.24) is 16.0 Å². The Bertz CT molecular complexity index is 862. The van der Waals surface area contributed by atoms with E-state index in [1.807, 2.05) is 0 Å². The van der Waals surface area contributed by atoms with Gasteiger partial charge in [-0.15, -0.1) is 12.4 Å². The Kier molecular flexibility index (Phi) is 8.10. The number of hydrogen-bond donors (Lipinski definition) is 3. The standard InChI is InChI=1S/C21H23F2N3O2.ClH/c1-13(27)25-11-14-2-4-15(5-3-14)21(28)26-20-12-24-9-8-17(20)16-6-7-18(22)19(23)10-16;/h2-7,10,17,20,24H,8-9,11-12H2,1H3,(H,25,27)(H,26,28);1H. The monoisotopic (exact) mass is 423 g/mol. The lowest BCUT2D eigenvalue weighted by Crippen LogP contribution is -2.50. The van der Waals surface area contributed by atoms with Gasteiger partial charge in [-0.2, -0.15) is 0 Å². The molecule has 0 radical (unpaired) electrons. The summed E-state index contributed by atoms with van der Waals surface area (Å²) < 4.78 is 26.9. The third-order valence-electron chi connectivity index (χ3n) is 4.93. The second kappa shape index (κ2) is 10.3. The molecule has 1 aliphatic rings. The first-order valence-corrected chi connectivity index (χ1v) is 9.24. The fourth-order valence-electron chi connectivity index (χ4n) is 3.40. The lowest BCUT2D eigenvalue weighted by atomic mass is 9.85. The van der Waals surface area contributed by atoms with Crippen LogP contribution in [0.3, 0.4) is 0 Å². The number of benzene rings is 2. The molecule has 29 heavy (non-hydrogen) atoms. The smallest absolute Gasteiger partial charge is 0.251 e. The molecule has 5 nitrogen and oxygen atoms in total. The number of piperidine rings is 1. The van der Waals surface area contributed by atoms with E-state index in [1.54, 1.807) is 30.3 Å². The van der Waals surface area contributed by atoms with Gasteiger partial charge in [0.1, 0.15) is 0 Å². The van der Waals surface area contributed by atoms with Crippen molar-refractivity contribution in [3.8, 4) is 0 Å². The lowest BCUT2D eigenvalue weighted by Gasteiger charge is -2.33. The van der Waals surface area contributed by atoms with Crippen molar-refractivity contribution in [2.75, 3.05) is 13.1 Å². The third-order valence-corrected chi connectivity index (χ3v) is 4.93. The van der Waals surface area contributed by atoms with Crippen molar-refractivity contribution in [1.29, 1.82) is 0 Å². The lowest BCUT2D eigenvalue weighted by molar-refractivity contribution is -0.119. The molecule has 1 heterocycles. The summed E-state index contributed by atoms with van der Waals surface area (Å²) >= 11 is 0. The van der Waals surface area contributed by atoms with Crippen LogP contribution in [-0.2, 0) is 11.3 Å². The van der Waals surface area contributed by atoms with Crippen LogP contribution in [0.1, 0.15) is 40.7 Å². The van der Waals surface area contributed by atoms with E-state index in [4.69, 9.17) is 0 Å². The Morgan fingerprint density at radius 3 is 2.48 bits per heavy atom. The van der Waals surface area contributed by atoms with Crippen molar-refractivity contribution < 1.29 is 18.4 Å². The average molecular weight is 424 g/mol. The summed E-state index contributed by atoms with van der Waals surface area (Å²) in [6.45, 7) is 3.15. The van der Waals surface area contributed by atoms with E-state index in [-0.39, 0.29) is 36.2 Å². The zero-order valence-electron chi connectivity index (χ0n) is 16.0. The van der Waals surface area contributed by atoms with Crippen LogP contribution in [0.2, 0.25) is 0 Å². The molecule has 0 aliphatic carbocycles. The molecule has 1 fully saturated rings. The summed E-state index contributed by atoms with van der Waals surface area (Å²) in [7, 11) is 0. The van der Waals surface area contributed by atoms with Crippen LogP contribution in [-0.4, -0.2) is 30.9 Å². The van der Waals surface area contributed by atoms with Gasteiger partial charge in [-0.25, -0.2) is 8.78 Å². The molecule has 1 aliphatic heterocycles. The largest absolute Gasteiger partial charge is 0.352 e. The highest BCUT2D eigenvalue weighted by Crippen LogP contribution is 2.27. The predicted octanol–water partition coefficient (Wildman–Crippen LogP) is 2.90. The van der Waals surface area contributed by atoms with Crippen molar-refractivity contribution in [3.05, 3.63) is 70.8 Å². The molecule has 0 bridgehead atoms. The Hall–Kier alpha value is -2.51. The molecule has 2 aromatic carbocycles. The number of carbonyl (C=O) groups is 2. The van der Waals surface area contributed by atoms with Gasteiger partial charge in [-0.05, 0) is 48.4 Å². The van der Waals surface area contributed by atoms with Crippen LogP contribution in [0.25, 0.3) is 0 Å². The highest BCUT2D eigenvalue weighted by atomic mass is 35.5. The van der Waals surface area contributed by atoms with Crippen LogP contribution < -0.4 is 16.0 Å². The molecule has 156 valence electrons. The van der Waals surface area contributed by atoms with Gasteiger partial charge in [-0.1, -0.05) is 18.2 Å². The Morgan fingerprint density at radius 1 is 1.10 bits per heavy atom. The van der Waals surface area contributed by atoms with Gasteiger partial charge in [0.15, 0.2) is 11.6 Å². The van der Waals surface area contributed by atoms with E-state index in [2.05, 4.69) is 16.0 Å². The molecule has 8 heteroatoms. The first kappa shape index (κ1) is 22.8. The molecule has 2 atom stereocenters. The zero-order valence-corrected chi connectivity index (χ0v) is 16.8. The van der Waals surface area contributed by atoms with Crippen LogP contribution in [0.5, 0.6) is 0 Å². The predicted molar refractivity (Wildman–Crippen MR) is 109 cm³/mol. The van der Waals surface area contributed by atoms with Gasteiger partial charge in [0.05, 0.1) is 0 Å². The Labute approximate surface area is 174 Å². The average Bonchev–Trinajstić information content (AvgIpc) is 2.69. The number of nitrogens with one attached hydrogen (secondary N) is 3. The maximum absolute atomic E-state index is 13.6. The Morgan fingerprint density at radius 2 is 1.83 bits per heavy atom. The first-order chi connectivity index (χ1) is 13.4. The molecule has 3 rings (SSSR count). The third kappa shape index (κ3) is 5.98. The summed E-state index contributed by atoms with van der Waals surface area (Å²) in [6, 6.07) is 10.7. The molecule has 3 N–H and O–H groups in total. The van der Waals surface area contributed by atoms with Crippen LogP contribution >= 0.6 is 12.4 Å². The minimum absolute atomic E-state index is 0. The summed E-state index contributed by atoms with van der Waals surface area (Å²) in [5.41, 5.74) is 2.07. The van der Waals surface area contributed by atoms with Gasteiger partial charge in [0.25, 0.3) is 5.91 Å². The maximum atomic E-state index is 13.6. The number of amides is 2. The molecule has 2 aromatic rings. The normalized spacial score (nSPS) is 18.4. The van der Waals surface area contributed by atoms with Crippen molar-refractivity contribution in [2.45, 2.75) is 31.8 Å². The van der Waals surface area contributed by atoms with Gasteiger partial charge in [-0.3, -0.25) is 9.59 Å². The minimum Gasteiger partial charge on any atom is -0.352 e. The summed E-state index contributed by atoms with van der Waals surface area (Å²) in [6.07, 6.45) is 0.714. The van der Waals surface area contributed by atoms with Gasteiger partial charge in [0.2, 0.25) is 5.91 Å². The number of carbonyl (C=O) groups excluding carboxylic acids is 2. The second-order valence-electron chi connectivity index (χ2n) is 6.96. The SMILES string of the molecule is CC(=O)NCc1ccc(C(=O)NC2CNCCC2c2ccc(F)c(F)c2)cc1.Cl. The molecule has 0 saturated carbocycles. The number of rotatable bonds is 5. The molecule has 2 unspecified atom stereocenters. The first-order valence-electron chi connectivity index (χ1n) is 9.24. The summed E-state index contributed by atoms with van der Waals surface area (Å²) in [5, 5.41) is 8.93. The van der Waals surface area contributed by atoms with Crippen molar-refractivity contribution >= 4 is 24.2 Å². The van der Waals surface area contributed by atoms with E-state index >= 15 is 0 Å². The molecule has 1 saturated heterocycles. The fraction of sp³-hybridized carbons (Fsp3) is 0.333. The van der Waals surface area contributed by atoms with E-state index in [9.17, 15) is 18.4 Å². The quantitative estimate of drug-likeness (QED) is 0.692. The minimum atomic E-state index is -0.879.